The first-order valence-electron chi connectivity index (χ1n) is 8.32. The van der Waals surface area contributed by atoms with Crippen LogP contribution >= 0.6 is 0 Å². The molecule has 1 aromatic carbocycles. The van der Waals surface area contributed by atoms with E-state index >= 15 is 0 Å². The summed E-state index contributed by atoms with van der Waals surface area (Å²) in [6.07, 6.45) is 1.87. The van der Waals surface area contributed by atoms with Crippen molar-refractivity contribution in [1.29, 1.82) is 0 Å². The van der Waals surface area contributed by atoms with E-state index in [9.17, 15) is 4.79 Å². The first kappa shape index (κ1) is 17.3. The molecule has 1 aromatic rings. The Morgan fingerprint density at radius 3 is 2.91 bits per heavy atom. The summed E-state index contributed by atoms with van der Waals surface area (Å²) < 4.78 is 5.16. The summed E-state index contributed by atoms with van der Waals surface area (Å²) in [7, 11) is 1.79. The summed E-state index contributed by atoms with van der Waals surface area (Å²) in [5.74, 6) is 0.703. The molecule has 126 valence electrons. The molecular weight excluding hydrogens is 290 g/mol. The molecule has 2 rings (SSSR count). The molecule has 0 radical (unpaired) electrons. The Morgan fingerprint density at radius 1 is 1.43 bits per heavy atom. The SMILES string of the molecule is CCOC(=O)C1CCCN(C(=NC)NCc2ccccc2C)C1. The standard InChI is InChI=1S/C18H27N3O2/c1-4-23-17(22)16-10-7-11-21(13-16)18(19-3)20-12-15-9-6-5-8-14(15)2/h5-6,8-9,16H,4,7,10-13H2,1-3H3,(H,19,20). The van der Waals surface area contributed by atoms with Crippen molar-refractivity contribution < 1.29 is 9.53 Å². The van der Waals surface area contributed by atoms with Crippen molar-refractivity contribution in [2.75, 3.05) is 26.7 Å². The van der Waals surface area contributed by atoms with Crippen LogP contribution in [-0.2, 0) is 16.1 Å². The number of piperidine rings is 1. The normalized spacial score (nSPS) is 18.7. The van der Waals surface area contributed by atoms with Crippen molar-refractivity contribution >= 4 is 11.9 Å². The minimum atomic E-state index is -0.0912. The molecule has 0 saturated carbocycles. The molecule has 1 aliphatic rings. The molecule has 0 bridgehead atoms. The maximum atomic E-state index is 12.0. The summed E-state index contributed by atoms with van der Waals surface area (Å²) in [6.45, 7) is 6.73. The number of rotatable bonds is 4. The number of guanidine groups is 1. The lowest BCUT2D eigenvalue weighted by atomic mass is 9.98. The van der Waals surface area contributed by atoms with Crippen molar-refractivity contribution in [3.8, 4) is 0 Å². The monoisotopic (exact) mass is 317 g/mol. The second-order valence-corrected chi connectivity index (χ2v) is 5.86. The van der Waals surface area contributed by atoms with E-state index in [2.05, 4.69) is 34.3 Å². The predicted molar refractivity (Wildman–Crippen MR) is 92.3 cm³/mol. The fourth-order valence-electron chi connectivity index (χ4n) is 2.94. The summed E-state index contributed by atoms with van der Waals surface area (Å²) in [6, 6.07) is 8.32. The molecule has 0 aromatic heterocycles. The van der Waals surface area contributed by atoms with Crippen molar-refractivity contribution in [1.82, 2.24) is 10.2 Å². The summed E-state index contributed by atoms with van der Waals surface area (Å²) in [5.41, 5.74) is 2.52. The van der Waals surface area contributed by atoms with Crippen LogP contribution in [0.1, 0.15) is 30.9 Å². The Hall–Kier alpha value is -2.04. The Balaban J connectivity index is 1.95. The van der Waals surface area contributed by atoms with Gasteiger partial charge in [0.25, 0.3) is 0 Å². The van der Waals surface area contributed by atoms with Gasteiger partial charge in [-0.05, 0) is 37.8 Å². The number of aryl methyl sites for hydroxylation is 1. The zero-order chi connectivity index (χ0) is 16.7. The number of likely N-dealkylation sites (tertiary alicyclic amines) is 1. The molecule has 5 heteroatoms. The molecule has 5 nitrogen and oxygen atoms in total. The van der Waals surface area contributed by atoms with Gasteiger partial charge in [0.15, 0.2) is 5.96 Å². The van der Waals surface area contributed by atoms with Crippen molar-refractivity contribution in [3.05, 3.63) is 35.4 Å². The van der Waals surface area contributed by atoms with E-state index in [1.54, 1.807) is 7.05 Å². The zero-order valence-electron chi connectivity index (χ0n) is 14.3. The van der Waals surface area contributed by atoms with Gasteiger partial charge in [-0.15, -0.1) is 0 Å². The maximum Gasteiger partial charge on any atom is 0.310 e. The van der Waals surface area contributed by atoms with Crippen molar-refractivity contribution in [2.24, 2.45) is 10.9 Å². The number of ether oxygens (including phenoxy) is 1. The second-order valence-electron chi connectivity index (χ2n) is 5.86. The maximum absolute atomic E-state index is 12.0. The third-order valence-electron chi connectivity index (χ3n) is 4.25. The number of hydrogen-bond donors (Lipinski definition) is 1. The van der Waals surface area contributed by atoms with Gasteiger partial charge in [-0.2, -0.15) is 0 Å². The van der Waals surface area contributed by atoms with Crippen LogP contribution in [0.5, 0.6) is 0 Å². The molecule has 1 fully saturated rings. The number of esters is 1. The summed E-state index contributed by atoms with van der Waals surface area (Å²) in [5, 5.41) is 3.41. The summed E-state index contributed by atoms with van der Waals surface area (Å²) in [4.78, 5) is 18.5. The highest BCUT2D eigenvalue weighted by Gasteiger charge is 2.28. The van der Waals surface area contributed by atoms with Crippen LogP contribution in [0, 0.1) is 12.8 Å². The average molecular weight is 317 g/mol. The number of hydrogen-bond acceptors (Lipinski definition) is 3. The minimum absolute atomic E-state index is 0.0549. The Labute approximate surface area is 138 Å². The first-order valence-corrected chi connectivity index (χ1v) is 8.32. The second kappa shape index (κ2) is 8.56. The van der Waals surface area contributed by atoms with Crippen molar-refractivity contribution in [2.45, 2.75) is 33.2 Å². The highest BCUT2D eigenvalue weighted by molar-refractivity contribution is 5.81. The first-order chi connectivity index (χ1) is 11.2. The minimum Gasteiger partial charge on any atom is -0.466 e. The number of nitrogens with zero attached hydrogens (tertiary/aromatic N) is 2. The van der Waals surface area contributed by atoms with Crippen LogP contribution in [0.3, 0.4) is 0 Å². The molecule has 0 amide bonds. The van der Waals surface area contributed by atoms with Gasteiger partial charge in [-0.25, -0.2) is 0 Å². The highest BCUT2D eigenvalue weighted by Crippen LogP contribution is 2.18. The number of carbonyl (C=O) groups is 1. The molecule has 1 atom stereocenters. The van der Waals surface area contributed by atoms with Crippen LogP contribution in [0.2, 0.25) is 0 Å². The fraction of sp³-hybridized carbons (Fsp3) is 0.556. The molecule has 1 saturated heterocycles. The summed E-state index contributed by atoms with van der Waals surface area (Å²) >= 11 is 0. The topological polar surface area (TPSA) is 53.9 Å². The van der Waals surface area contributed by atoms with Crippen LogP contribution in [0.15, 0.2) is 29.3 Å². The van der Waals surface area contributed by atoms with Gasteiger partial charge >= 0.3 is 5.97 Å². The van der Waals surface area contributed by atoms with Gasteiger partial charge in [0.05, 0.1) is 12.5 Å². The Morgan fingerprint density at radius 2 is 2.22 bits per heavy atom. The fourth-order valence-corrected chi connectivity index (χ4v) is 2.94. The lowest BCUT2D eigenvalue weighted by Gasteiger charge is -2.34. The molecule has 1 heterocycles. The van der Waals surface area contributed by atoms with Crippen LogP contribution in [0.25, 0.3) is 0 Å². The van der Waals surface area contributed by atoms with Gasteiger partial charge in [0, 0.05) is 26.7 Å². The number of aliphatic imine (C=N–C) groups is 1. The van der Waals surface area contributed by atoms with E-state index in [4.69, 9.17) is 4.74 Å². The van der Waals surface area contributed by atoms with Crippen LogP contribution in [0.4, 0.5) is 0 Å². The quantitative estimate of drug-likeness (QED) is 0.526. The zero-order valence-corrected chi connectivity index (χ0v) is 14.3. The number of nitrogens with one attached hydrogen (secondary N) is 1. The van der Waals surface area contributed by atoms with E-state index in [0.29, 0.717) is 13.2 Å². The molecule has 0 spiro atoms. The molecule has 0 aliphatic carbocycles. The molecule has 1 unspecified atom stereocenters. The lowest BCUT2D eigenvalue weighted by Crippen LogP contribution is -2.48. The number of carbonyl (C=O) groups excluding carboxylic acids is 1. The average Bonchev–Trinajstić information content (AvgIpc) is 2.57. The molecule has 1 N–H and O–H groups in total. The molecule has 23 heavy (non-hydrogen) atoms. The lowest BCUT2D eigenvalue weighted by molar-refractivity contribution is -0.149. The van der Waals surface area contributed by atoms with Crippen LogP contribution < -0.4 is 5.32 Å². The highest BCUT2D eigenvalue weighted by atomic mass is 16.5. The molecular formula is C18H27N3O2. The van der Waals surface area contributed by atoms with E-state index in [0.717, 1.165) is 31.9 Å². The van der Waals surface area contributed by atoms with Gasteiger partial charge < -0.3 is 15.0 Å². The van der Waals surface area contributed by atoms with E-state index in [-0.39, 0.29) is 11.9 Å². The van der Waals surface area contributed by atoms with E-state index < -0.39 is 0 Å². The predicted octanol–water partition coefficient (Wildman–Crippen LogP) is 2.35. The third-order valence-corrected chi connectivity index (χ3v) is 4.25. The van der Waals surface area contributed by atoms with E-state index in [1.807, 2.05) is 19.1 Å². The number of benzene rings is 1. The van der Waals surface area contributed by atoms with Gasteiger partial charge in [-0.3, -0.25) is 9.79 Å². The van der Waals surface area contributed by atoms with Crippen molar-refractivity contribution in [3.63, 3.8) is 0 Å². The van der Waals surface area contributed by atoms with Crippen LogP contribution in [-0.4, -0.2) is 43.6 Å². The van der Waals surface area contributed by atoms with Gasteiger partial charge in [0.1, 0.15) is 0 Å². The largest absolute Gasteiger partial charge is 0.466 e. The third kappa shape index (κ3) is 4.71. The van der Waals surface area contributed by atoms with E-state index in [1.165, 1.54) is 11.1 Å². The Kier molecular flexibility index (Phi) is 6.44. The smallest absolute Gasteiger partial charge is 0.310 e. The van der Waals surface area contributed by atoms with Gasteiger partial charge in [0.2, 0.25) is 0 Å². The van der Waals surface area contributed by atoms with Gasteiger partial charge in [-0.1, -0.05) is 24.3 Å². The molecule has 1 aliphatic heterocycles. The Bertz CT molecular complexity index is 557.